The predicted octanol–water partition coefficient (Wildman–Crippen LogP) is 3.26. The summed E-state index contributed by atoms with van der Waals surface area (Å²) in [6.45, 7) is 18.2. The van der Waals surface area contributed by atoms with Crippen LogP contribution in [0.1, 0.15) is 54.9 Å². The van der Waals surface area contributed by atoms with Gasteiger partial charge < -0.3 is 14.9 Å². The Labute approximate surface area is 147 Å². The van der Waals surface area contributed by atoms with E-state index in [1.165, 1.54) is 4.90 Å². The highest BCUT2D eigenvalue weighted by molar-refractivity contribution is 6.74. The number of nitrogens with two attached hydrogens (primary N) is 1. The van der Waals surface area contributed by atoms with E-state index in [0.717, 1.165) is 0 Å². The molecule has 7 heteroatoms. The van der Waals surface area contributed by atoms with Crippen molar-refractivity contribution in [2.75, 3.05) is 6.54 Å². The smallest absolute Gasteiger partial charge is 0.411 e. The molecule has 1 fully saturated rings. The maximum absolute atomic E-state index is 12.5. The molecule has 140 valence electrons. The molecular formula is C17H34N2O4Si. The molecule has 1 aliphatic heterocycles. The van der Waals surface area contributed by atoms with Gasteiger partial charge in [0.05, 0.1) is 12.6 Å². The molecule has 0 aromatic rings. The number of likely N-dealkylation sites (tertiary alicyclic amines) is 1. The van der Waals surface area contributed by atoms with Gasteiger partial charge in [0.2, 0.25) is 5.91 Å². The fourth-order valence-electron chi connectivity index (χ4n) is 2.52. The molecule has 2 amide bonds. The average Bonchev–Trinajstić information content (AvgIpc) is 2.63. The van der Waals surface area contributed by atoms with Gasteiger partial charge in [-0.1, -0.05) is 20.8 Å². The molecule has 0 unspecified atom stereocenters. The van der Waals surface area contributed by atoms with Crippen LogP contribution in [0.15, 0.2) is 0 Å². The van der Waals surface area contributed by atoms with Crippen LogP contribution in [0.2, 0.25) is 18.1 Å². The lowest BCUT2D eigenvalue weighted by Crippen LogP contribution is -2.54. The molecule has 1 saturated heterocycles. The molecule has 0 spiro atoms. The molecule has 0 bridgehead atoms. The SMILES string of the molecule is CC(C)(C)OC(=O)N1C[C@@H](O[Si](C)(C)C(C)(C)C)C[C@]1(C)C(N)=O. The van der Waals surface area contributed by atoms with Gasteiger partial charge in [-0.25, -0.2) is 4.79 Å². The fraction of sp³-hybridized carbons (Fsp3) is 0.882. The number of carbonyl (C=O) groups is 2. The molecule has 0 radical (unpaired) electrons. The molecule has 0 saturated carbocycles. The molecule has 0 aromatic heterocycles. The van der Waals surface area contributed by atoms with E-state index in [1.54, 1.807) is 27.7 Å². The Morgan fingerprint density at radius 3 is 2.04 bits per heavy atom. The first-order valence-electron chi connectivity index (χ1n) is 8.48. The first kappa shape index (κ1) is 21.0. The van der Waals surface area contributed by atoms with Crippen molar-refractivity contribution < 1.29 is 18.8 Å². The van der Waals surface area contributed by atoms with Gasteiger partial charge in [-0.05, 0) is 45.8 Å². The Kier molecular flexibility index (Phi) is 5.53. The lowest BCUT2D eigenvalue weighted by Gasteiger charge is -2.38. The summed E-state index contributed by atoms with van der Waals surface area (Å²) < 4.78 is 11.8. The second-order valence-corrected chi connectivity index (χ2v) is 14.2. The van der Waals surface area contributed by atoms with Gasteiger partial charge in [-0.15, -0.1) is 0 Å². The summed E-state index contributed by atoms with van der Waals surface area (Å²) in [5, 5.41) is 0.0511. The minimum absolute atomic E-state index is 0.0511. The number of amides is 2. The van der Waals surface area contributed by atoms with E-state index in [0.29, 0.717) is 13.0 Å². The van der Waals surface area contributed by atoms with Crippen molar-refractivity contribution in [2.24, 2.45) is 5.73 Å². The van der Waals surface area contributed by atoms with Gasteiger partial charge in [0.15, 0.2) is 8.32 Å². The Morgan fingerprint density at radius 2 is 1.67 bits per heavy atom. The molecule has 1 rings (SSSR count). The van der Waals surface area contributed by atoms with Crippen LogP contribution < -0.4 is 5.73 Å². The predicted molar refractivity (Wildman–Crippen MR) is 97.2 cm³/mol. The summed E-state index contributed by atoms with van der Waals surface area (Å²) in [6.07, 6.45) is -0.338. The van der Waals surface area contributed by atoms with Crippen molar-refractivity contribution >= 4 is 20.3 Å². The minimum Gasteiger partial charge on any atom is -0.444 e. The minimum atomic E-state index is -2.01. The summed E-state index contributed by atoms with van der Waals surface area (Å²) in [5.41, 5.74) is 3.88. The van der Waals surface area contributed by atoms with Gasteiger partial charge in [0.25, 0.3) is 0 Å². The van der Waals surface area contributed by atoms with Crippen molar-refractivity contribution in [1.29, 1.82) is 0 Å². The van der Waals surface area contributed by atoms with Gasteiger partial charge in [0, 0.05) is 6.42 Å². The van der Waals surface area contributed by atoms with Crippen LogP contribution in [0.3, 0.4) is 0 Å². The van der Waals surface area contributed by atoms with Crippen molar-refractivity contribution in [3.8, 4) is 0 Å². The third kappa shape index (κ3) is 4.50. The van der Waals surface area contributed by atoms with E-state index in [-0.39, 0.29) is 11.1 Å². The first-order chi connectivity index (χ1) is 10.5. The van der Waals surface area contributed by atoms with Crippen LogP contribution in [-0.2, 0) is 14.0 Å². The Bertz CT molecular complexity index is 508. The van der Waals surface area contributed by atoms with E-state index < -0.39 is 31.5 Å². The summed E-state index contributed by atoms with van der Waals surface area (Å²) >= 11 is 0. The quantitative estimate of drug-likeness (QED) is 0.785. The number of primary amides is 1. The zero-order valence-electron chi connectivity index (χ0n) is 16.6. The van der Waals surface area contributed by atoms with Crippen molar-refractivity contribution in [1.82, 2.24) is 4.90 Å². The lowest BCUT2D eigenvalue weighted by molar-refractivity contribution is -0.127. The molecule has 0 aliphatic carbocycles. The molecule has 1 aliphatic rings. The summed E-state index contributed by atoms with van der Waals surface area (Å²) in [7, 11) is -2.01. The average molecular weight is 359 g/mol. The molecule has 2 atom stereocenters. The monoisotopic (exact) mass is 358 g/mol. The second-order valence-electron chi connectivity index (χ2n) is 9.43. The third-order valence-electron chi connectivity index (χ3n) is 5.02. The highest BCUT2D eigenvalue weighted by atomic mass is 28.4. The van der Waals surface area contributed by atoms with Gasteiger partial charge in [-0.3, -0.25) is 9.69 Å². The molecular weight excluding hydrogens is 324 g/mol. The molecule has 1 heterocycles. The van der Waals surface area contributed by atoms with Crippen LogP contribution in [0.5, 0.6) is 0 Å². The van der Waals surface area contributed by atoms with E-state index in [1.807, 2.05) is 0 Å². The highest BCUT2D eigenvalue weighted by Crippen LogP contribution is 2.40. The van der Waals surface area contributed by atoms with Gasteiger partial charge in [0.1, 0.15) is 11.1 Å². The Balaban J connectivity index is 3.01. The number of ether oxygens (including phenoxy) is 1. The third-order valence-corrected chi connectivity index (χ3v) is 9.55. The second kappa shape index (κ2) is 6.33. The number of hydrogen-bond donors (Lipinski definition) is 1. The standard InChI is InChI=1S/C17H34N2O4Si/c1-15(2,3)22-14(21)19-11-12(10-17(19,7)13(18)20)23-24(8,9)16(4,5)6/h12H,10-11H2,1-9H3,(H2,18,20)/t12-,17+/m0/s1. The van der Waals surface area contributed by atoms with Crippen LogP contribution in [-0.4, -0.2) is 49.0 Å². The first-order valence-corrected chi connectivity index (χ1v) is 11.4. The van der Waals surface area contributed by atoms with Crippen LogP contribution in [0.4, 0.5) is 4.79 Å². The van der Waals surface area contributed by atoms with Crippen molar-refractivity contribution in [3.05, 3.63) is 0 Å². The number of nitrogens with zero attached hydrogens (tertiary/aromatic N) is 1. The largest absolute Gasteiger partial charge is 0.444 e. The van der Waals surface area contributed by atoms with Crippen LogP contribution >= 0.6 is 0 Å². The van der Waals surface area contributed by atoms with Crippen LogP contribution in [0.25, 0.3) is 0 Å². The van der Waals surface area contributed by atoms with E-state index in [9.17, 15) is 9.59 Å². The van der Waals surface area contributed by atoms with Gasteiger partial charge >= 0.3 is 6.09 Å². The van der Waals surface area contributed by atoms with E-state index >= 15 is 0 Å². The molecule has 24 heavy (non-hydrogen) atoms. The molecule has 2 N–H and O–H groups in total. The van der Waals surface area contributed by atoms with E-state index in [4.69, 9.17) is 14.9 Å². The van der Waals surface area contributed by atoms with E-state index in [2.05, 4.69) is 33.9 Å². The topological polar surface area (TPSA) is 81.9 Å². The highest BCUT2D eigenvalue weighted by Gasteiger charge is 2.52. The number of rotatable bonds is 3. The van der Waals surface area contributed by atoms with Crippen LogP contribution in [0, 0.1) is 0 Å². The number of carbonyl (C=O) groups excluding carboxylic acids is 2. The molecule has 0 aromatic carbocycles. The maximum Gasteiger partial charge on any atom is 0.411 e. The maximum atomic E-state index is 12.5. The lowest BCUT2D eigenvalue weighted by atomic mass is 9.98. The Morgan fingerprint density at radius 1 is 1.17 bits per heavy atom. The summed E-state index contributed by atoms with van der Waals surface area (Å²) in [5.74, 6) is -0.533. The normalized spacial score (nSPS) is 25.7. The van der Waals surface area contributed by atoms with Crippen molar-refractivity contribution in [3.63, 3.8) is 0 Å². The van der Waals surface area contributed by atoms with Gasteiger partial charge in [-0.2, -0.15) is 0 Å². The van der Waals surface area contributed by atoms with Crippen molar-refractivity contribution in [2.45, 2.75) is 90.3 Å². The zero-order chi connectivity index (χ0) is 19.1. The molecule has 6 nitrogen and oxygen atoms in total. The number of hydrogen-bond acceptors (Lipinski definition) is 4. The fourth-order valence-corrected chi connectivity index (χ4v) is 3.87. The zero-order valence-corrected chi connectivity index (χ0v) is 17.6. The summed E-state index contributed by atoms with van der Waals surface area (Å²) in [6, 6.07) is 0. The summed E-state index contributed by atoms with van der Waals surface area (Å²) in [4.78, 5) is 26.0. The Hall–Kier alpha value is -1.08.